The van der Waals surface area contributed by atoms with Crippen LogP contribution in [0.3, 0.4) is 0 Å². The molecule has 0 aliphatic heterocycles. The van der Waals surface area contributed by atoms with Crippen LogP contribution in [0.5, 0.6) is 0 Å². The molecule has 25 heavy (non-hydrogen) atoms. The van der Waals surface area contributed by atoms with Gasteiger partial charge in [-0.3, -0.25) is 4.79 Å². The van der Waals surface area contributed by atoms with Crippen molar-refractivity contribution in [1.82, 2.24) is 19.7 Å². The molecule has 5 nitrogen and oxygen atoms in total. The Kier molecular flexibility index (Phi) is 6.52. The fourth-order valence-corrected chi connectivity index (χ4v) is 3.91. The molecule has 0 N–H and O–H groups in total. The zero-order valence-corrected chi connectivity index (χ0v) is 17.1. The number of aromatic nitrogens is 3. The summed E-state index contributed by atoms with van der Waals surface area (Å²) in [6.45, 7) is 10.1. The first-order chi connectivity index (χ1) is 11.7. The second-order valence-electron chi connectivity index (χ2n) is 6.54. The maximum Gasteiger partial charge on any atom is 0.236 e. The molecule has 0 unspecified atom stereocenters. The zero-order valence-electron chi connectivity index (χ0n) is 15.5. The fraction of sp³-hybridized carbons (Fsp3) is 0.500. The average Bonchev–Trinajstić information content (AvgIpc) is 2.88. The van der Waals surface area contributed by atoms with Gasteiger partial charge in [0.05, 0.1) is 10.3 Å². The first-order valence-corrected chi connectivity index (χ1v) is 9.62. The van der Waals surface area contributed by atoms with Crippen molar-refractivity contribution < 1.29 is 4.79 Å². The highest BCUT2D eigenvalue weighted by atomic mass is 35.5. The van der Waals surface area contributed by atoms with Crippen LogP contribution in [0.2, 0.25) is 5.02 Å². The minimum absolute atomic E-state index is 0.109. The Morgan fingerprint density at radius 2 is 1.72 bits per heavy atom. The van der Waals surface area contributed by atoms with E-state index >= 15 is 0 Å². The largest absolute Gasteiger partial charge is 0.337 e. The molecule has 0 spiro atoms. The van der Waals surface area contributed by atoms with Gasteiger partial charge in [0.25, 0.3) is 0 Å². The molecule has 0 radical (unpaired) electrons. The molecule has 2 aromatic rings. The van der Waals surface area contributed by atoms with E-state index in [9.17, 15) is 4.79 Å². The van der Waals surface area contributed by atoms with Gasteiger partial charge in [-0.1, -0.05) is 35.5 Å². The summed E-state index contributed by atoms with van der Waals surface area (Å²) in [5.74, 6) is 0.801. The number of rotatable bonds is 6. The van der Waals surface area contributed by atoms with Gasteiger partial charge in [-0.05, 0) is 46.8 Å². The first-order valence-electron chi connectivity index (χ1n) is 8.37. The number of hydrogen-bond donors (Lipinski definition) is 0. The van der Waals surface area contributed by atoms with Gasteiger partial charge >= 0.3 is 0 Å². The Morgan fingerprint density at radius 1 is 1.12 bits per heavy atom. The summed E-state index contributed by atoms with van der Waals surface area (Å²) in [5.41, 5.74) is 0.830. The molecule has 0 aliphatic rings. The molecule has 1 aromatic carbocycles. The van der Waals surface area contributed by atoms with E-state index in [1.165, 1.54) is 11.8 Å². The Bertz CT molecular complexity index is 736. The Balaban J connectivity index is 2.21. The normalized spacial score (nSPS) is 12.7. The van der Waals surface area contributed by atoms with Crippen molar-refractivity contribution in [2.75, 3.05) is 0 Å². The third-order valence-electron chi connectivity index (χ3n) is 3.95. The predicted molar refractivity (Wildman–Crippen MR) is 104 cm³/mol. The molecular weight excluding hydrogens is 356 g/mol. The lowest BCUT2D eigenvalue weighted by Gasteiger charge is -2.32. The van der Waals surface area contributed by atoms with E-state index in [0.717, 1.165) is 5.56 Å². The molecule has 136 valence electrons. The van der Waals surface area contributed by atoms with Crippen LogP contribution >= 0.6 is 23.4 Å². The van der Waals surface area contributed by atoms with Crippen molar-refractivity contribution in [3.63, 3.8) is 0 Å². The van der Waals surface area contributed by atoms with E-state index in [2.05, 4.69) is 10.2 Å². The summed E-state index contributed by atoms with van der Waals surface area (Å²) in [6.07, 6.45) is 0. The van der Waals surface area contributed by atoms with Crippen LogP contribution in [0, 0.1) is 0 Å². The molecule has 0 fully saturated rings. The monoisotopic (exact) mass is 380 g/mol. The molecule has 0 saturated heterocycles. The lowest BCUT2D eigenvalue weighted by atomic mass is 10.2. The number of benzene rings is 1. The zero-order chi connectivity index (χ0) is 18.7. The molecule has 2 rings (SSSR count). The third kappa shape index (κ3) is 4.36. The summed E-state index contributed by atoms with van der Waals surface area (Å²) >= 11 is 7.68. The molecular formula is C18H25ClN4OS. The van der Waals surface area contributed by atoms with Gasteiger partial charge < -0.3 is 9.47 Å². The number of thioether (sulfide) groups is 1. The summed E-state index contributed by atoms with van der Waals surface area (Å²) in [7, 11) is 1.89. The highest BCUT2D eigenvalue weighted by molar-refractivity contribution is 8.00. The maximum atomic E-state index is 12.8. The van der Waals surface area contributed by atoms with Crippen molar-refractivity contribution in [3.05, 3.63) is 29.3 Å². The SMILES string of the molecule is CC(C)N(C(=O)[C@H](C)Sc1nnc(-c2ccccc2Cl)n1C)C(C)C. The van der Waals surface area contributed by atoms with Crippen LogP contribution in [0.1, 0.15) is 34.6 Å². The van der Waals surface area contributed by atoms with Gasteiger partial charge in [-0.25, -0.2) is 0 Å². The van der Waals surface area contributed by atoms with Crippen molar-refractivity contribution in [2.24, 2.45) is 7.05 Å². The van der Waals surface area contributed by atoms with Gasteiger partial charge in [0.15, 0.2) is 11.0 Å². The number of amides is 1. The standard InChI is InChI=1S/C18H25ClN4OS/c1-11(2)23(12(3)4)17(24)13(5)25-18-21-20-16(22(18)6)14-9-7-8-10-15(14)19/h7-13H,1-6H3/t13-/m0/s1. The van der Waals surface area contributed by atoms with Gasteiger partial charge in [0.1, 0.15) is 0 Å². The molecule has 1 heterocycles. The Hall–Kier alpha value is -1.53. The molecule has 0 bridgehead atoms. The molecule has 1 aromatic heterocycles. The number of halogens is 1. The third-order valence-corrected chi connectivity index (χ3v) is 5.40. The van der Waals surface area contributed by atoms with E-state index in [1.54, 1.807) is 0 Å². The van der Waals surface area contributed by atoms with Crippen LogP contribution in [-0.4, -0.2) is 42.9 Å². The number of carbonyl (C=O) groups is 1. The second kappa shape index (κ2) is 8.23. The lowest BCUT2D eigenvalue weighted by molar-refractivity contribution is -0.133. The lowest BCUT2D eigenvalue weighted by Crippen LogP contribution is -2.45. The van der Waals surface area contributed by atoms with Crippen molar-refractivity contribution in [2.45, 2.75) is 57.1 Å². The highest BCUT2D eigenvalue weighted by Crippen LogP contribution is 2.30. The van der Waals surface area contributed by atoms with Gasteiger partial charge in [-0.15, -0.1) is 10.2 Å². The van der Waals surface area contributed by atoms with E-state index in [4.69, 9.17) is 11.6 Å². The van der Waals surface area contributed by atoms with Crippen LogP contribution in [-0.2, 0) is 11.8 Å². The topological polar surface area (TPSA) is 51.0 Å². The van der Waals surface area contributed by atoms with Gasteiger partial charge in [0, 0.05) is 24.7 Å². The van der Waals surface area contributed by atoms with Crippen molar-refractivity contribution >= 4 is 29.3 Å². The van der Waals surface area contributed by atoms with Crippen LogP contribution in [0.4, 0.5) is 0 Å². The number of hydrogen-bond acceptors (Lipinski definition) is 4. The summed E-state index contributed by atoms with van der Waals surface area (Å²) in [6, 6.07) is 7.85. The average molecular weight is 381 g/mol. The number of carbonyl (C=O) groups excluding carboxylic acids is 1. The number of nitrogens with zero attached hydrogens (tertiary/aromatic N) is 4. The molecule has 7 heteroatoms. The Morgan fingerprint density at radius 3 is 2.28 bits per heavy atom. The van der Waals surface area contributed by atoms with Crippen molar-refractivity contribution in [3.8, 4) is 11.4 Å². The fourth-order valence-electron chi connectivity index (χ4n) is 2.82. The Labute approximate surface area is 158 Å². The highest BCUT2D eigenvalue weighted by Gasteiger charge is 2.27. The quantitative estimate of drug-likeness (QED) is 0.702. The van der Waals surface area contributed by atoms with Crippen molar-refractivity contribution in [1.29, 1.82) is 0 Å². The maximum absolute atomic E-state index is 12.8. The minimum atomic E-state index is -0.244. The van der Waals surface area contributed by atoms with Gasteiger partial charge in [-0.2, -0.15) is 0 Å². The molecule has 1 amide bonds. The predicted octanol–water partition coefficient (Wildman–Crippen LogP) is 4.26. The van der Waals surface area contributed by atoms with Gasteiger partial charge in [0.2, 0.25) is 5.91 Å². The smallest absolute Gasteiger partial charge is 0.236 e. The molecule has 0 aliphatic carbocycles. The molecule has 0 saturated carbocycles. The summed E-state index contributed by atoms with van der Waals surface area (Å²) in [4.78, 5) is 14.7. The summed E-state index contributed by atoms with van der Waals surface area (Å²) in [5, 5.41) is 9.59. The van der Waals surface area contributed by atoms with Crippen LogP contribution in [0.25, 0.3) is 11.4 Å². The van der Waals surface area contributed by atoms with E-state index in [1.807, 2.05) is 75.4 Å². The second-order valence-corrected chi connectivity index (χ2v) is 8.25. The molecule has 1 atom stereocenters. The van der Waals surface area contributed by atoms with E-state index in [0.29, 0.717) is 16.0 Å². The first kappa shape index (κ1) is 19.8. The van der Waals surface area contributed by atoms with E-state index in [-0.39, 0.29) is 23.2 Å². The minimum Gasteiger partial charge on any atom is -0.337 e. The summed E-state index contributed by atoms with van der Waals surface area (Å²) < 4.78 is 1.88. The van der Waals surface area contributed by atoms with Crippen LogP contribution < -0.4 is 0 Å². The van der Waals surface area contributed by atoms with E-state index < -0.39 is 0 Å². The van der Waals surface area contributed by atoms with Crippen LogP contribution in [0.15, 0.2) is 29.4 Å².